The van der Waals surface area contributed by atoms with Gasteiger partial charge in [-0.05, 0) is 56.9 Å². The molecule has 0 aliphatic carbocycles. The molecule has 0 fully saturated rings. The average Bonchev–Trinajstić information content (AvgIpc) is 2.55. The van der Waals surface area contributed by atoms with Gasteiger partial charge < -0.3 is 21.1 Å². The minimum Gasteiger partial charge on any atom is -0.444 e. The quantitative estimate of drug-likeness (QED) is 0.514. The fraction of sp³-hybridized carbons (Fsp3) is 0.381. The van der Waals surface area contributed by atoms with Crippen LogP contribution in [0.25, 0.3) is 0 Å². The van der Waals surface area contributed by atoms with Gasteiger partial charge in [0.25, 0.3) is 0 Å². The molecule has 2 aromatic carbocycles. The minimum absolute atomic E-state index is 0.387. The number of carbonyl (C=O) groups excluding carboxylic acids is 1. The van der Waals surface area contributed by atoms with E-state index in [1.54, 1.807) is 0 Å². The third-order valence-corrected chi connectivity index (χ3v) is 3.70. The number of anilines is 2. The van der Waals surface area contributed by atoms with Crippen molar-refractivity contribution in [3.63, 3.8) is 0 Å². The third-order valence-electron chi connectivity index (χ3n) is 3.70. The van der Waals surface area contributed by atoms with E-state index in [2.05, 4.69) is 28.8 Å². The van der Waals surface area contributed by atoms with Crippen molar-refractivity contribution in [2.24, 2.45) is 0 Å². The number of ether oxygens (including phenoxy) is 1. The Labute approximate surface area is 155 Å². The van der Waals surface area contributed by atoms with Crippen molar-refractivity contribution < 1.29 is 9.53 Å². The molecule has 0 spiro atoms. The van der Waals surface area contributed by atoms with E-state index in [0.717, 1.165) is 30.8 Å². The van der Waals surface area contributed by atoms with Crippen LogP contribution >= 0.6 is 0 Å². The lowest BCUT2D eigenvalue weighted by atomic mass is 10.0. The van der Waals surface area contributed by atoms with Crippen LogP contribution in [-0.4, -0.2) is 24.8 Å². The van der Waals surface area contributed by atoms with E-state index in [-0.39, 0.29) is 6.09 Å². The summed E-state index contributed by atoms with van der Waals surface area (Å²) in [6.07, 6.45) is 1.26. The smallest absolute Gasteiger partial charge is 0.407 e. The molecule has 1 amide bonds. The molecule has 5 nitrogen and oxygen atoms in total. The Morgan fingerprint density at radius 3 is 2.42 bits per heavy atom. The summed E-state index contributed by atoms with van der Waals surface area (Å²) in [5, 5.41) is 6.05. The lowest BCUT2D eigenvalue weighted by Gasteiger charge is -2.19. The van der Waals surface area contributed by atoms with E-state index < -0.39 is 5.60 Å². The van der Waals surface area contributed by atoms with Crippen LogP contribution < -0.4 is 16.4 Å². The molecule has 26 heavy (non-hydrogen) atoms. The topological polar surface area (TPSA) is 76.4 Å². The summed E-state index contributed by atoms with van der Waals surface area (Å²) in [5.74, 6) is 0. The number of hydrogen-bond acceptors (Lipinski definition) is 4. The SMILES string of the molecule is CC(C)(C)OC(=O)NCCCNc1ccc(Cc2ccccc2)cc1N. The number of benzene rings is 2. The number of rotatable bonds is 7. The lowest BCUT2D eigenvalue weighted by Crippen LogP contribution is -2.33. The highest BCUT2D eigenvalue weighted by molar-refractivity contribution is 5.68. The van der Waals surface area contributed by atoms with Gasteiger partial charge in [-0.25, -0.2) is 4.79 Å². The maximum atomic E-state index is 11.6. The normalized spacial score (nSPS) is 11.0. The Bertz CT molecular complexity index is 709. The largest absolute Gasteiger partial charge is 0.444 e. The zero-order valence-corrected chi connectivity index (χ0v) is 15.8. The van der Waals surface area contributed by atoms with E-state index >= 15 is 0 Å². The van der Waals surface area contributed by atoms with E-state index in [0.29, 0.717) is 6.54 Å². The second-order valence-electron chi connectivity index (χ2n) is 7.29. The molecule has 0 bridgehead atoms. The van der Waals surface area contributed by atoms with Crippen LogP contribution in [0.2, 0.25) is 0 Å². The van der Waals surface area contributed by atoms with E-state index in [9.17, 15) is 4.79 Å². The molecule has 0 heterocycles. The number of amides is 1. The summed E-state index contributed by atoms with van der Waals surface area (Å²) in [4.78, 5) is 11.6. The molecular formula is C21H29N3O2. The van der Waals surface area contributed by atoms with Gasteiger partial charge in [0.1, 0.15) is 5.60 Å². The second-order valence-corrected chi connectivity index (χ2v) is 7.29. The van der Waals surface area contributed by atoms with Crippen LogP contribution in [-0.2, 0) is 11.2 Å². The number of nitrogen functional groups attached to an aromatic ring is 1. The molecule has 0 aromatic heterocycles. The lowest BCUT2D eigenvalue weighted by molar-refractivity contribution is 0.0528. The van der Waals surface area contributed by atoms with Crippen LogP contribution in [0.1, 0.15) is 38.3 Å². The molecule has 4 N–H and O–H groups in total. The van der Waals surface area contributed by atoms with Crippen molar-refractivity contribution in [1.82, 2.24) is 5.32 Å². The van der Waals surface area contributed by atoms with Gasteiger partial charge in [0.2, 0.25) is 0 Å². The van der Waals surface area contributed by atoms with Gasteiger partial charge in [0.05, 0.1) is 11.4 Å². The molecule has 0 unspecified atom stereocenters. The first-order valence-electron chi connectivity index (χ1n) is 8.96. The Morgan fingerprint density at radius 1 is 1.04 bits per heavy atom. The van der Waals surface area contributed by atoms with Crippen LogP contribution in [0.4, 0.5) is 16.2 Å². The van der Waals surface area contributed by atoms with Crippen molar-refractivity contribution in [3.05, 3.63) is 59.7 Å². The van der Waals surface area contributed by atoms with Crippen molar-refractivity contribution in [2.45, 2.75) is 39.2 Å². The van der Waals surface area contributed by atoms with Gasteiger partial charge in [0.15, 0.2) is 0 Å². The van der Waals surface area contributed by atoms with Gasteiger partial charge in [-0.1, -0.05) is 36.4 Å². The maximum Gasteiger partial charge on any atom is 0.407 e. The Kier molecular flexibility index (Phi) is 6.89. The highest BCUT2D eigenvalue weighted by atomic mass is 16.6. The highest BCUT2D eigenvalue weighted by Gasteiger charge is 2.15. The zero-order chi connectivity index (χ0) is 19.0. The zero-order valence-electron chi connectivity index (χ0n) is 15.8. The monoisotopic (exact) mass is 355 g/mol. The molecule has 0 atom stereocenters. The molecule has 2 rings (SSSR count). The molecule has 5 heteroatoms. The number of nitrogens with two attached hydrogens (primary N) is 1. The molecular weight excluding hydrogens is 326 g/mol. The number of nitrogens with one attached hydrogen (secondary N) is 2. The van der Waals surface area contributed by atoms with Crippen LogP contribution in [0.15, 0.2) is 48.5 Å². The summed E-state index contributed by atoms with van der Waals surface area (Å²) >= 11 is 0. The molecule has 0 aliphatic heterocycles. The summed E-state index contributed by atoms with van der Waals surface area (Å²) in [7, 11) is 0. The third kappa shape index (κ3) is 7.05. The summed E-state index contributed by atoms with van der Waals surface area (Å²) < 4.78 is 5.19. The fourth-order valence-corrected chi connectivity index (χ4v) is 2.53. The molecule has 0 radical (unpaired) electrons. The molecule has 0 saturated heterocycles. The van der Waals surface area contributed by atoms with Gasteiger partial charge >= 0.3 is 6.09 Å². The van der Waals surface area contributed by atoms with Crippen LogP contribution in [0, 0.1) is 0 Å². The van der Waals surface area contributed by atoms with E-state index in [4.69, 9.17) is 10.5 Å². The minimum atomic E-state index is -0.474. The summed E-state index contributed by atoms with van der Waals surface area (Å²) in [6.45, 7) is 6.81. The first-order chi connectivity index (χ1) is 12.3. The molecule has 0 aliphatic rings. The second kappa shape index (κ2) is 9.13. The van der Waals surface area contributed by atoms with Crippen molar-refractivity contribution in [3.8, 4) is 0 Å². The van der Waals surface area contributed by atoms with Crippen molar-refractivity contribution in [1.29, 1.82) is 0 Å². The van der Waals surface area contributed by atoms with E-state index in [1.165, 1.54) is 11.1 Å². The van der Waals surface area contributed by atoms with Crippen molar-refractivity contribution in [2.75, 3.05) is 24.1 Å². The predicted octanol–water partition coefficient (Wildman–Crippen LogP) is 4.19. The maximum absolute atomic E-state index is 11.6. The van der Waals surface area contributed by atoms with Gasteiger partial charge in [-0.2, -0.15) is 0 Å². The molecule has 140 valence electrons. The average molecular weight is 355 g/mol. The number of alkyl carbamates (subject to hydrolysis) is 1. The predicted molar refractivity (Wildman–Crippen MR) is 107 cm³/mol. The first kappa shape index (κ1) is 19.6. The highest BCUT2D eigenvalue weighted by Crippen LogP contribution is 2.21. The number of hydrogen-bond donors (Lipinski definition) is 3. The Hall–Kier alpha value is -2.69. The molecule has 0 saturated carbocycles. The standard InChI is InChI=1S/C21H29N3O2/c1-21(2,3)26-20(25)24-13-7-12-23-19-11-10-17(15-18(19)22)14-16-8-5-4-6-9-16/h4-6,8-11,15,23H,7,12-14,22H2,1-3H3,(H,24,25). The summed E-state index contributed by atoms with van der Waals surface area (Å²) in [5.41, 5.74) is 9.78. The van der Waals surface area contributed by atoms with Crippen LogP contribution in [0.5, 0.6) is 0 Å². The first-order valence-corrected chi connectivity index (χ1v) is 8.96. The fourth-order valence-electron chi connectivity index (χ4n) is 2.53. The van der Waals surface area contributed by atoms with Crippen LogP contribution in [0.3, 0.4) is 0 Å². The van der Waals surface area contributed by atoms with Gasteiger partial charge in [0, 0.05) is 13.1 Å². The van der Waals surface area contributed by atoms with E-state index in [1.807, 2.05) is 51.1 Å². The van der Waals surface area contributed by atoms with Gasteiger partial charge in [-0.15, -0.1) is 0 Å². The van der Waals surface area contributed by atoms with Gasteiger partial charge in [-0.3, -0.25) is 0 Å². The number of carbonyl (C=O) groups is 1. The summed E-state index contributed by atoms with van der Waals surface area (Å²) in [6, 6.07) is 16.4. The molecule has 2 aromatic rings. The van der Waals surface area contributed by atoms with Crippen molar-refractivity contribution >= 4 is 17.5 Å². The Morgan fingerprint density at radius 2 is 1.77 bits per heavy atom. The Balaban J connectivity index is 1.74.